The van der Waals surface area contributed by atoms with Crippen molar-refractivity contribution < 1.29 is 22.5 Å². The van der Waals surface area contributed by atoms with Crippen molar-refractivity contribution in [2.75, 3.05) is 13.7 Å². The summed E-state index contributed by atoms with van der Waals surface area (Å²) in [6.45, 7) is 5.98. The molecular weight excluding hydrogens is 315 g/mol. The number of halogens is 3. The number of nitrogens with one attached hydrogen (secondary N) is 1. The molecule has 2 atom stereocenters. The molecule has 3 nitrogen and oxygen atoms in total. The molecule has 0 heterocycles. The summed E-state index contributed by atoms with van der Waals surface area (Å²) in [7, 11) is 1.13. The van der Waals surface area contributed by atoms with E-state index in [1.54, 1.807) is 27.7 Å². The van der Waals surface area contributed by atoms with Crippen molar-refractivity contribution in [2.45, 2.75) is 44.4 Å². The summed E-state index contributed by atoms with van der Waals surface area (Å²) in [6, 6.07) is 3.12. The normalized spacial score (nSPS) is 15.7. The molecule has 0 aromatic heterocycles. The van der Waals surface area contributed by atoms with Crippen LogP contribution in [0.1, 0.15) is 44.9 Å². The van der Waals surface area contributed by atoms with Gasteiger partial charge in [0.05, 0.1) is 11.6 Å². The molecule has 0 aliphatic heterocycles. The Morgan fingerprint density at radius 1 is 1.32 bits per heavy atom. The van der Waals surface area contributed by atoms with E-state index in [2.05, 4.69) is 9.46 Å². The second-order valence-electron chi connectivity index (χ2n) is 6.07. The van der Waals surface area contributed by atoms with E-state index in [-0.39, 0.29) is 5.56 Å². The highest BCUT2D eigenvalue weighted by Crippen LogP contribution is 2.33. The van der Waals surface area contributed by atoms with Crippen molar-refractivity contribution >= 4 is 11.4 Å². The number of rotatable bonds is 6. The van der Waals surface area contributed by atoms with E-state index in [4.69, 9.17) is 0 Å². The Morgan fingerprint density at radius 2 is 1.91 bits per heavy atom. The molecule has 0 radical (unpaired) electrons. The molecular formula is C15H22F3NO2S. The number of alkyl halides is 2. The maximum absolute atomic E-state index is 14.4. The van der Waals surface area contributed by atoms with Gasteiger partial charge in [-0.15, -0.1) is 4.72 Å². The van der Waals surface area contributed by atoms with Gasteiger partial charge in [-0.25, -0.2) is 4.39 Å². The van der Waals surface area contributed by atoms with Crippen LogP contribution in [0, 0.1) is 5.82 Å². The molecule has 1 aromatic rings. The van der Waals surface area contributed by atoms with Crippen molar-refractivity contribution in [1.82, 2.24) is 4.72 Å². The van der Waals surface area contributed by atoms with Gasteiger partial charge in [0.15, 0.2) is 0 Å². The van der Waals surface area contributed by atoms with E-state index in [1.807, 2.05) is 0 Å². The minimum Gasteiger partial charge on any atom is -0.598 e. The zero-order valence-electron chi connectivity index (χ0n) is 13.4. The lowest BCUT2D eigenvalue weighted by Gasteiger charge is -2.27. The molecule has 0 amide bonds. The van der Waals surface area contributed by atoms with Crippen LogP contribution in [0.15, 0.2) is 18.2 Å². The van der Waals surface area contributed by atoms with E-state index in [9.17, 15) is 17.7 Å². The fraction of sp³-hybridized carbons (Fsp3) is 0.600. The lowest BCUT2D eigenvalue weighted by molar-refractivity contribution is -0.0722. The van der Waals surface area contributed by atoms with Crippen molar-refractivity contribution in [3.8, 4) is 0 Å². The molecule has 7 heteroatoms. The lowest BCUT2D eigenvalue weighted by atomic mass is 10.0. The second kappa shape index (κ2) is 7.21. The molecule has 1 unspecified atom stereocenters. The largest absolute Gasteiger partial charge is 0.598 e. The molecule has 0 saturated carbocycles. The minimum absolute atomic E-state index is 0.0471. The van der Waals surface area contributed by atoms with Gasteiger partial charge in [0.1, 0.15) is 17.2 Å². The van der Waals surface area contributed by atoms with Gasteiger partial charge in [0.25, 0.3) is 5.92 Å². The third-order valence-electron chi connectivity index (χ3n) is 3.05. The number of benzene rings is 1. The van der Waals surface area contributed by atoms with Crippen LogP contribution in [0.3, 0.4) is 0 Å². The van der Waals surface area contributed by atoms with Gasteiger partial charge in [0, 0.05) is 24.0 Å². The Balaban J connectivity index is 3.07. The molecule has 0 spiro atoms. The standard InChI is InChI=1S/C15H22F3NO2S/c1-10(19-22(20)14(2,3)4)11-7-6-8-12(13(11)16)15(17,18)9-21-5/h6-8,10,19H,9H2,1-5H3/t10-,22?/m1/s1. The van der Waals surface area contributed by atoms with Gasteiger partial charge < -0.3 is 9.29 Å². The number of methoxy groups -OCH3 is 1. The van der Waals surface area contributed by atoms with Crippen LogP contribution in [-0.4, -0.2) is 23.0 Å². The molecule has 0 aliphatic carbocycles. The zero-order chi connectivity index (χ0) is 17.1. The predicted molar refractivity (Wildman–Crippen MR) is 81.6 cm³/mol. The van der Waals surface area contributed by atoms with Crippen LogP contribution in [-0.2, 0) is 22.0 Å². The minimum atomic E-state index is -3.42. The second-order valence-corrected chi connectivity index (χ2v) is 8.06. The lowest BCUT2D eigenvalue weighted by Crippen LogP contribution is -2.40. The third-order valence-corrected chi connectivity index (χ3v) is 4.73. The molecule has 1 N–H and O–H groups in total. The average molecular weight is 337 g/mol. The summed E-state index contributed by atoms with van der Waals surface area (Å²) in [5.74, 6) is -4.42. The summed E-state index contributed by atoms with van der Waals surface area (Å²) in [5.41, 5.74) is -0.673. The molecule has 1 aromatic carbocycles. The summed E-state index contributed by atoms with van der Waals surface area (Å²) in [5, 5.41) is 0. The van der Waals surface area contributed by atoms with Gasteiger partial charge >= 0.3 is 0 Å². The summed E-state index contributed by atoms with van der Waals surface area (Å²) in [6.07, 6.45) is 0. The van der Waals surface area contributed by atoms with E-state index in [1.165, 1.54) is 12.1 Å². The Hall–Kier alpha value is -0.760. The fourth-order valence-electron chi connectivity index (χ4n) is 1.83. The van der Waals surface area contributed by atoms with Crippen LogP contribution < -0.4 is 4.72 Å². The van der Waals surface area contributed by atoms with Crippen LogP contribution in [0.2, 0.25) is 0 Å². The first-order valence-electron chi connectivity index (χ1n) is 6.84. The number of hydrogen-bond donors (Lipinski definition) is 1. The SMILES string of the molecule is COCC(F)(F)c1cccc([C@@H](C)N[S+]([O-])C(C)(C)C)c1F. The first kappa shape index (κ1) is 19.3. The van der Waals surface area contributed by atoms with E-state index in [0.717, 1.165) is 13.2 Å². The summed E-state index contributed by atoms with van der Waals surface area (Å²) < 4.78 is 60.9. The van der Waals surface area contributed by atoms with E-state index >= 15 is 0 Å². The number of hydrogen-bond acceptors (Lipinski definition) is 3. The summed E-state index contributed by atoms with van der Waals surface area (Å²) >= 11 is -1.44. The molecule has 0 saturated heterocycles. The van der Waals surface area contributed by atoms with E-state index in [0.29, 0.717) is 0 Å². The van der Waals surface area contributed by atoms with Crippen LogP contribution >= 0.6 is 0 Å². The van der Waals surface area contributed by atoms with Crippen molar-refractivity contribution in [3.05, 3.63) is 35.1 Å². The smallest absolute Gasteiger partial charge is 0.298 e. The Labute approximate surface area is 132 Å². The van der Waals surface area contributed by atoms with Gasteiger partial charge in [-0.05, 0) is 33.8 Å². The predicted octanol–water partition coefficient (Wildman–Crippen LogP) is 3.68. The molecule has 22 heavy (non-hydrogen) atoms. The van der Waals surface area contributed by atoms with Crippen molar-refractivity contribution in [2.24, 2.45) is 0 Å². The molecule has 0 aliphatic rings. The maximum atomic E-state index is 14.4. The zero-order valence-corrected chi connectivity index (χ0v) is 14.2. The van der Waals surface area contributed by atoms with Crippen molar-refractivity contribution in [1.29, 1.82) is 0 Å². The molecule has 126 valence electrons. The van der Waals surface area contributed by atoms with E-state index < -0.39 is 46.1 Å². The monoisotopic (exact) mass is 337 g/mol. The van der Waals surface area contributed by atoms with Gasteiger partial charge in [-0.1, -0.05) is 12.1 Å². The fourth-order valence-corrected chi connectivity index (χ4v) is 2.63. The molecule has 1 rings (SSSR count). The Bertz CT molecular complexity index is 506. The van der Waals surface area contributed by atoms with Gasteiger partial charge in [-0.2, -0.15) is 8.78 Å². The Morgan fingerprint density at radius 3 is 2.41 bits per heavy atom. The maximum Gasteiger partial charge on any atom is 0.298 e. The quantitative estimate of drug-likeness (QED) is 0.806. The Kier molecular flexibility index (Phi) is 6.32. The van der Waals surface area contributed by atoms with Crippen LogP contribution in [0.25, 0.3) is 0 Å². The van der Waals surface area contributed by atoms with Crippen LogP contribution in [0.4, 0.5) is 13.2 Å². The highest BCUT2D eigenvalue weighted by molar-refractivity contribution is 7.90. The number of ether oxygens (including phenoxy) is 1. The van der Waals surface area contributed by atoms with Gasteiger partial charge in [0.2, 0.25) is 0 Å². The van der Waals surface area contributed by atoms with Crippen molar-refractivity contribution in [3.63, 3.8) is 0 Å². The summed E-state index contributed by atoms with van der Waals surface area (Å²) in [4.78, 5) is 0. The third kappa shape index (κ3) is 4.62. The van der Waals surface area contributed by atoms with Gasteiger partial charge in [-0.3, -0.25) is 0 Å². The topological polar surface area (TPSA) is 44.3 Å². The highest BCUT2D eigenvalue weighted by Gasteiger charge is 2.36. The first-order valence-corrected chi connectivity index (χ1v) is 7.99. The highest BCUT2D eigenvalue weighted by atomic mass is 32.2. The molecule has 0 fully saturated rings. The molecule has 0 bridgehead atoms. The average Bonchev–Trinajstić information content (AvgIpc) is 2.37. The van der Waals surface area contributed by atoms with Crippen LogP contribution in [0.5, 0.6) is 0 Å². The first-order chi connectivity index (χ1) is 10.0.